The van der Waals surface area contributed by atoms with Crippen LogP contribution >= 0.6 is 0 Å². The fourth-order valence-corrected chi connectivity index (χ4v) is 3.43. The van der Waals surface area contributed by atoms with Crippen LogP contribution in [0, 0.1) is 0 Å². The first-order valence-electron chi connectivity index (χ1n) is 9.84. The highest BCUT2D eigenvalue weighted by atomic mass is 16.6. The molecule has 0 aromatic rings. The molecule has 7 nitrogen and oxygen atoms in total. The van der Waals surface area contributed by atoms with Gasteiger partial charge in [0.1, 0.15) is 5.60 Å². The summed E-state index contributed by atoms with van der Waals surface area (Å²) in [7, 11) is 0. The Labute approximate surface area is 157 Å². The van der Waals surface area contributed by atoms with Gasteiger partial charge in [0.2, 0.25) is 5.91 Å². The van der Waals surface area contributed by atoms with E-state index in [1.165, 1.54) is 0 Å². The molecule has 0 bridgehead atoms. The summed E-state index contributed by atoms with van der Waals surface area (Å²) in [6.07, 6.45) is 3.14. The van der Waals surface area contributed by atoms with Crippen molar-refractivity contribution in [3.05, 3.63) is 0 Å². The molecular formula is C19H35N3O4. The number of nitrogens with one attached hydrogen (secondary N) is 1. The number of nitrogens with zero attached hydrogens (tertiary/aromatic N) is 2. The standard InChI is InChI=1S/C19H35N3O4/c1-15-14-22(12-13-25-15)17(23)6-5-9-21-10-7-16(8-11-21)20-18(24)26-19(2,3)4/h15-16H,5-14H2,1-4H3,(H,20,24)/t15-/m1/s1. The lowest BCUT2D eigenvalue weighted by Crippen LogP contribution is -2.46. The first-order chi connectivity index (χ1) is 12.2. The van der Waals surface area contributed by atoms with E-state index in [-0.39, 0.29) is 24.1 Å². The minimum atomic E-state index is -0.463. The average molecular weight is 370 g/mol. The maximum absolute atomic E-state index is 12.3. The molecule has 0 spiro atoms. The highest BCUT2D eigenvalue weighted by Gasteiger charge is 2.24. The van der Waals surface area contributed by atoms with E-state index in [0.29, 0.717) is 26.1 Å². The summed E-state index contributed by atoms with van der Waals surface area (Å²) >= 11 is 0. The van der Waals surface area contributed by atoms with Gasteiger partial charge in [-0.25, -0.2) is 4.79 Å². The molecule has 1 N–H and O–H groups in total. The van der Waals surface area contributed by atoms with Crippen LogP contribution in [-0.2, 0) is 14.3 Å². The maximum atomic E-state index is 12.3. The molecule has 0 unspecified atom stereocenters. The number of hydrogen-bond donors (Lipinski definition) is 1. The van der Waals surface area contributed by atoms with E-state index < -0.39 is 5.60 Å². The number of likely N-dealkylation sites (tertiary alicyclic amines) is 1. The van der Waals surface area contributed by atoms with E-state index >= 15 is 0 Å². The monoisotopic (exact) mass is 369 g/mol. The van der Waals surface area contributed by atoms with Gasteiger partial charge in [-0.3, -0.25) is 4.79 Å². The number of piperidine rings is 1. The second kappa shape index (κ2) is 9.55. The second-order valence-corrected chi connectivity index (χ2v) is 8.39. The summed E-state index contributed by atoms with van der Waals surface area (Å²) in [5.41, 5.74) is -0.463. The van der Waals surface area contributed by atoms with Crippen LogP contribution in [-0.4, -0.2) is 78.9 Å². The Hall–Kier alpha value is -1.34. The van der Waals surface area contributed by atoms with Crippen molar-refractivity contribution in [2.24, 2.45) is 0 Å². The van der Waals surface area contributed by atoms with Gasteiger partial charge in [-0.1, -0.05) is 0 Å². The molecule has 0 aliphatic carbocycles. The lowest BCUT2D eigenvalue weighted by atomic mass is 10.0. The lowest BCUT2D eigenvalue weighted by Gasteiger charge is -2.33. The van der Waals surface area contributed by atoms with Gasteiger partial charge in [0, 0.05) is 38.6 Å². The number of rotatable bonds is 5. The molecule has 2 heterocycles. The molecule has 7 heteroatoms. The van der Waals surface area contributed by atoms with Crippen molar-refractivity contribution in [3.63, 3.8) is 0 Å². The van der Waals surface area contributed by atoms with Crippen molar-refractivity contribution in [3.8, 4) is 0 Å². The third kappa shape index (κ3) is 7.50. The molecule has 2 aliphatic heterocycles. The summed E-state index contributed by atoms with van der Waals surface area (Å²) in [4.78, 5) is 28.4. The minimum Gasteiger partial charge on any atom is -0.444 e. The molecule has 1 atom stereocenters. The number of carbonyl (C=O) groups excluding carboxylic acids is 2. The van der Waals surface area contributed by atoms with Crippen molar-refractivity contribution < 1.29 is 19.1 Å². The molecule has 0 radical (unpaired) electrons. The van der Waals surface area contributed by atoms with Crippen LogP contribution in [0.1, 0.15) is 53.4 Å². The molecule has 2 rings (SSSR count). The fraction of sp³-hybridized carbons (Fsp3) is 0.895. The van der Waals surface area contributed by atoms with Gasteiger partial charge in [-0.15, -0.1) is 0 Å². The number of morpholine rings is 1. The number of amides is 2. The van der Waals surface area contributed by atoms with Crippen molar-refractivity contribution in [2.45, 2.75) is 71.1 Å². The van der Waals surface area contributed by atoms with Crippen molar-refractivity contribution in [1.29, 1.82) is 0 Å². The predicted octanol–water partition coefficient (Wildman–Crippen LogP) is 2.00. The third-order valence-corrected chi connectivity index (χ3v) is 4.77. The number of carbonyl (C=O) groups is 2. The molecule has 0 aromatic heterocycles. The highest BCUT2D eigenvalue weighted by molar-refractivity contribution is 5.76. The van der Waals surface area contributed by atoms with E-state index in [1.54, 1.807) is 0 Å². The second-order valence-electron chi connectivity index (χ2n) is 8.39. The number of hydrogen-bond acceptors (Lipinski definition) is 5. The minimum absolute atomic E-state index is 0.143. The Kier molecular flexibility index (Phi) is 7.70. The molecule has 0 saturated carbocycles. The van der Waals surface area contributed by atoms with Crippen LogP contribution in [0.15, 0.2) is 0 Å². The van der Waals surface area contributed by atoms with E-state index in [0.717, 1.165) is 38.9 Å². The van der Waals surface area contributed by atoms with Crippen LogP contribution in [0.25, 0.3) is 0 Å². The molecule has 2 saturated heterocycles. The molecule has 2 aliphatic rings. The molecule has 2 fully saturated rings. The average Bonchev–Trinajstić information content (AvgIpc) is 2.54. The summed E-state index contributed by atoms with van der Waals surface area (Å²) < 4.78 is 10.8. The summed E-state index contributed by atoms with van der Waals surface area (Å²) in [5, 5.41) is 2.96. The Morgan fingerprint density at radius 1 is 1.19 bits per heavy atom. The van der Waals surface area contributed by atoms with Crippen LogP contribution in [0.5, 0.6) is 0 Å². The first kappa shape index (κ1) is 21.0. The zero-order valence-corrected chi connectivity index (χ0v) is 16.8. The summed E-state index contributed by atoms with van der Waals surface area (Å²) in [6, 6.07) is 0.178. The van der Waals surface area contributed by atoms with Crippen LogP contribution in [0.2, 0.25) is 0 Å². The molecule has 26 heavy (non-hydrogen) atoms. The van der Waals surface area contributed by atoms with Gasteiger partial charge in [0.25, 0.3) is 0 Å². The summed E-state index contributed by atoms with van der Waals surface area (Å²) in [6.45, 7) is 12.5. The maximum Gasteiger partial charge on any atom is 0.407 e. The van der Waals surface area contributed by atoms with Gasteiger partial charge in [0.05, 0.1) is 12.7 Å². The topological polar surface area (TPSA) is 71.1 Å². The fourth-order valence-electron chi connectivity index (χ4n) is 3.43. The van der Waals surface area contributed by atoms with Gasteiger partial charge in [-0.2, -0.15) is 0 Å². The van der Waals surface area contributed by atoms with Crippen molar-refractivity contribution >= 4 is 12.0 Å². The van der Waals surface area contributed by atoms with Crippen LogP contribution in [0.4, 0.5) is 4.79 Å². The van der Waals surface area contributed by atoms with Crippen LogP contribution < -0.4 is 5.32 Å². The Morgan fingerprint density at radius 3 is 2.50 bits per heavy atom. The van der Waals surface area contributed by atoms with E-state index in [4.69, 9.17) is 9.47 Å². The van der Waals surface area contributed by atoms with Gasteiger partial charge in [0.15, 0.2) is 0 Å². The normalized spacial score (nSPS) is 22.9. The lowest BCUT2D eigenvalue weighted by molar-refractivity contribution is -0.138. The first-order valence-corrected chi connectivity index (χ1v) is 9.84. The van der Waals surface area contributed by atoms with E-state index in [2.05, 4.69) is 10.2 Å². The van der Waals surface area contributed by atoms with Gasteiger partial charge in [-0.05, 0) is 53.5 Å². The third-order valence-electron chi connectivity index (χ3n) is 4.77. The van der Waals surface area contributed by atoms with Gasteiger partial charge < -0.3 is 24.6 Å². The Balaban J connectivity index is 1.59. The Bertz CT molecular complexity index is 470. The highest BCUT2D eigenvalue weighted by Crippen LogP contribution is 2.14. The smallest absolute Gasteiger partial charge is 0.407 e. The molecule has 150 valence electrons. The van der Waals surface area contributed by atoms with Gasteiger partial charge >= 0.3 is 6.09 Å². The number of alkyl carbamates (subject to hydrolysis) is 1. The van der Waals surface area contributed by atoms with Crippen molar-refractivity contribution in [2.75, 3.05) is 39.3 Å². The molecule has 2 amide bonds. The zero-order valence-electron chi connectivity index (χ0n) is 16.8. The van der Waals surface area contributed by atoms with E-state index in [9.17, 15) is 9.59 Å². The SMILES string of the molecule is C[C@@H]1CN(C(=O)CCCN2CCC(NC(=O)OC(C)(C)C)CC2)CCO1. The molecule has 0 aromatic carbocycles. The van der Waals surface area contributed by atoms with E-state index in [1.807, 2.05) is 32.6 Å². The Morgan fingerprint density at radius 2 is 1.88 bits per heavy atom. The quantitative estimate of drug-likeness (QED) is 0.803. The number of ether oxygens (including phenoxy) is 2. The molecular weight excluding hydrogens is 334 g/mol. The van der Waals surface area contributed by atoms with Crippen LogP contribution in [0.3, 0.4) is 0 Å². The summed E-state index contributed by atoms with van der Waals surface area (Å²) in [5.74, 6) is 0.238. The zero-order chi connectivity index (χ0) is 19.2. The van der Waals surface area contributed by atoms with Crippen molar-refractivity contribution in [1.82, 2.24) is 15.1 Å². The predicted molar refractivity (Wildman–Crippen MR) is 100 cm³/mol. The largest absolute Gasteiger partial charge is 0.444 e.